The average Bonchev–Trinajstić information content (AvgIpc) is 2.58. The second-order valence-corrected chi connectivity index (χ2v) is 5.31. The van der Waals surface area contributed by atoms with Crippen LogP contribution in [-0.2, 0) is 15.1 Å². The molecule has 0 bridgehead atoms. The van der Waals surface area contributed by atoms with Gasteiger partial charge < -0.3 is 15.6 Å². The molecule has 0 amide bonds. The molecule has 0 spiro atoms. The number of benzene rings is 2. The predicted molar refractivity (Wildman–Crippen MR) is 92.2 cm³/mol. The summed E-state index contributed by atoms with van der Waals surface area (Å²) in [6, 6.07) is 18.3. The SMILES string of the molecule is CCC(C)N.COC(C(=O)O)(c1ccccc1)c1ccccc1. The van der Waals surface area contributed by atoms with E-state index in [1.54, 1.807) is 48.5 Å². The van der Waals surface area contributed by atoms with Gasteiger partial charge >= 0.3 is 5.97 Å². The van der Waals surface area contributed by atoms with Gasteiger partial charge in [-0.15, -0.1) is 0 Å². The van der Waals surface area contributed by atoms with E-state index in [0.717, 1.165) is 6.42 Å². The Morgan fingerprint density at radius 1 is 1.09 bits per heavy atom. The molecule has 0 aliphatic carbocycles. The van der Waals surface area contributed by atoms with E-state index in [1.165, 1.54) is 7.11 Å². The first-order chi connectivity index (χ1) is 11.0. The molecule has 0 saturated carbocycles. The Bertz CT molecular complexity index is 543. The van der Waals surface area contributed by atoms with Crippen molar-refractivity contribution in [1.29, 1.82) is 0 Å². The van der Waals surface area contributed by atoms with Crippen LogP contribution >= 0.6 is 0 Å². The number of rotatable bonds is 5. The zero-order chi connectivity index (χ0) is 17.3. The van der Waals surface area contributed by atoms with Crippen LogP contribution in [0, 0.1) is 0 Å². The van der Waals surface area contributed by atoms with Crippen LogP contribution in [0.4, 0.5) is 0 Å². The van der Waals surface area contributed by atoms with Crippen LogP contribution in [0.5, 0.6) is 0 Å². The molecule has 0 aliphatic rings. The van der Waals surface area contributed by atoms with Crippen LogP contribution < -0.4 is 5.73 Å². The summed E-state index contributed by atoms with van der Waals surface area (Å²) in [4.78, 5) is 11.7. The topological polar surface area (TPSA) is 72.5 Å². The van der Waals surface area contributed by atoms with Crippen LogP contribution in [0.2, 0.25) is 0 Å². The number of carboxylic acids is 1. The number of ether oxygens (including phenoxy) is 1. The van der Waals surface area contributed by atoms with Gasteiger partial charge in [0.2, 0.25) is 5.60 Å². The van der Waals surface area contributed by atoms with Gasteiger partial charge in [-0.1, -0.05) is 67.6 Å². The fraction of sp³-hybridized carbons (Fsp3) is 0.316. The smallest absolute Gasteiger partial charge is 0.345 e. The molecule has 124 valence electrons. The Hall–Kier alpha value is -2.17. The number of carboxylic acid groups (broad SMARTS) is 1. The van der Waals surface area contributed by atoms with E-state index in [-0.39, 0.29) is 0 Å². The molecule has 0 fully saturated rings. The molecule has 0 radical (unpaired) electrons. The van der Waals surface area contributed by atoms with Gasteiger partial charge in [0.05, 0.1) is 0 Å². The molecule has 2 aromatic rings. The summed E-state index contributed by atoms with van der Waals surface area (Å²) >= 11 is 0. The maximum absolute atomic E-state index is 11.7. The quantitative estimate of drug-likeness (QED) is 0.887. The zero-order valence-electron chi connectivity index (χ0n) is 13.9. The minimum absolute atomic E-state index is 0.384. The van der Waals surface area contributed by atoms with E-state index in [1.807, 2.05) is 19.1 Å². The number of carbonyl (C=O) groups is 1. The van der Waals surface area contributed by atoms with E-state index in [0.29, 0.717) is 17.2 Å². The second kappa shape index (κ2) is 9.08. The second-order valence-electron chi connectivity index (χ2n) is 5.31. The van der Waals surface area contributed by atoms with Gasteiger partial charge in [0.1, 0.15) is 0 Å². The highest BCUT2D eigenvalue weighted by Gasteiger charge is 2.42. The van der Waals surface area contributed by atoms with Crippen LogP contribution in [-0.4, -0.2) is 24.2 Å². The fourth-order valence-corrected chi connectivity index (χ4v) is 2.08. The van der Waals surface area contributed by atoms with Crippen molar-refractivity contribution >= 4 is 5.97 Å². The van der Waals surface area contributed by atoms with Crippen molar-refractivity contribution in [3.8, 4) is 0 Å². The molecule has 3 N–H and O–H groups in total. The first-order valence-corrected chi connectivity index (χ1v) is 7.64. The summed E-state index contributed by atoms with van der Waals surface area (Å²) < 4.78 is 5.37. The molecule has 2 aromatic carbocycles. The molecule has 4 heteroatoms. The normalized spacial score (nSPS) is 12.0. The largest absolute Gasteiger partial charge is 0.479 e. The molecule has 0 saturated heterocycles. The third-order valence-electron chi connectivity index (χ3n) is 3.61. The van der Waals surface area contributed by atoms with Gasteiger partial charge in [-0.3, -0.25) is 0 Å². The molecule has 0 aliphatic heterocycles. The first kappa shape index (κ1) is 18.9. The van der Waals surface area contributed by atoms with Gasteiger partial charge in [0.15, 0.2) is 0 Å². The summed E-state index contributed by atoms with van der Waals surface area (Å²) in [6.45, 7) is 4.07. The van der Waals surface area contributed by atoms with Crippen molar-refractivity contribution < 1.29 is 14.6 Å². The van der Waals surface area contributed by atoms with Gasteiger partial charge in [0, 0.05) is 13.2 Å². The van der Waals surface area contributed by atoms with Gasteiger partial charge in [-0.2, -0.15) is 0 Å². The van der Waals surface area contributed by atoms with Crippen LogP contribution in [0.3, 0.4) is 0 Å². The third kappa shape index (κ3) is 4.65. The summed E-state index contributed by atoms with van der Waals surface area (Å²) in [7, 11) is 1.41. The Morgan fingerprint density at radius 3 is 1.65 bits per heavy atom. The van der Waals surface area contributed by atoms with Gasteiger partial charge in [0.25, 0.3) is 0 Å². The molecule has 4 nitrogen and oxygen atoms in total. The average molecular weight is 315 g/mol. The van der Waals surface area contributed by atoms with Gasteiger partial charge in [-0.25, -0.2) is 4.79 Å². The molecule has 2 rings (SSSR count). The van der Waals surface area contributed by atoms with E-state index in [2.05, 4.69) is 6.92 Å². The molecular weight excluding hydrogens is 290 g/mol. The number of nitrogens with two attached hydrogens (primary N) is 1. The lowest BCUT2D eigenvalue weighted by molar-refractivity contribution is -0.158. The monoisotopic (exact) mass is 315 g/mol. The zero-order valence-corrected chi connectivity index (χ0v) is 13.9. The van der Waals surface area contributed by atoms with Crippen LogP contribution in [0.15, 0.2) is 60.7 Å². The van der Waals surface area contributed by atoms with Crippen molar-refractivity contribution in [2.45, 2.75) is 31.9 Å². The van der Waals surface area contributed by atoms with E-state index in [4.69, 9.17) is 10.5 Å². The lowest BCUT2D eigenvalue weighted by Gasteiger charge is -2.28. The molecular formula is C19H25NO3. The number of methoxy groups -OCH3 is 1. The molecule has 1 unspecified atom stereocenters. The highest BCUT2D eigenvalue weighted by atomic mass is 16.5. The highest BCUT2D eigenvalue weighted by Crippen LogP contribution is 2.33. The molecule has 0 heterocycles. The van der Waals surface area contributed by atoms with Crippen molar-refractivity contribution in [3.05, 3.63) is 71.8 Å². The van der Waals surface area contributed by atoms with Crippen LogP contribution in [0.1, 0.15) is 31.4 Å². The maximum atomic E-state index is 11.7. The van der Waals surface area contributed by atoms with Crippen molar-refractivity contribution in [1.82, 2.24) is 0 Å². The predicted octanol–water partition coefficient (Wildman–Crippen LogP) is 3.40. The summed E-state index contributed by atoms with van der Waals surface area (Å²) in [5.41, 5.74) is 5.04. The fourth-order valence-electron chi connectivity index (χ4n) is 2.08. The first-order valence-electron chi connectivity index (χ1n) is 7.64. The Labute approximate surface area is 137 Å². The van der Waals surface area contributed by atoms with E-state index in [9.17, 15) is 9.90 Å². The number of aliphatic carboxylic acids is 1. The third-order valence-corrected chi connectivity index (χ3v) is 3.61. The lowest BCUT2D eigenvalue weighted by atomic mass is 9.86. The Balaban J connectivity index is 0.000000463. The Morgan fingerprint density at radius 2 is 1.43 bits per heavy atom. The summed E-state index contributed by atoms with van der Waals surface area (Å²) in [6.07, 6.45) is 1.08. The maximum Gasteiger partial charge on any atom is 0.345 e. The molecule has 0 aromatic heterocycles. The number of hydrogen-bond acceptors (Lipinski definition) is 3. The van der Waals surface area contributed by atoms with E-state index < -0.39 is 11.6 Å². The van der Waals surface area contributed by atoms with Crippen molar-refractivity contribution in [2.24, 2.45) is 5.73 Å². The summed E-state index contributed by atoms with van der Waals surface area (Å²) in [5, 5.41) is 9.61. The van der Waals surface area contributed by atoms with Crippen molar-refractivity contribution in [2.75, 3.05) is 7.11 Å². The van der Waals surface area contributed by atoms with E-state index >= 15 is 0 Å². The minimum Gasteiger partial charge on any atom is -0.479 e. The van der Waals surface area contributed by atoms with Crippen molar-refractivity contribution in [3.63, 3.8) is 0 Å². The molecule has 23 heavy (non-hydrogen) atoms. The molecule has 1 atom stereocenters. The van der Waals surface area contributed by atoms with Gasteiger partial charge in [-0.05, 0) is 24.5 Å². The minimum atomic E-state index is -1.46. The standard InChI is InChI=1S/C15H14O3.C4H11N/c1-18-15(14(16)17,12-8-4-2-5-9-12)13-10-6-3-7-11-13;1-3-4(2)5/h2-11H,1H3,(H,16,17);4H,3,5H2,1-2H3. The number of hydrogen-bond donors (Lipinski definition) is 2. The Kier molecular flexibility index (Phi) is 7.45. The summed E-state index contributed by atoms with van der Waals surface area (Å²) in [5.74, 6) is -1.03. The lowest BCUT2D eigenvalue weighted by Crippen LogP contribution is -2.38. The van der Waals surface area contributed by atoms with Crippen LogP contribution in [0.25, 0.3) is 0 Å². The highest BCUT2D eigenvalue weighted by molar-refractivity contribution is 5.84.